The Morgan fingerprint density at radius 2 is 2.00 bits per heavy atom. The second kappa shape index (κ2) is 9.98. The number of thiazole rings is 1. The summed E-state index contributed by atoms with van der Waals surface area (Å²) in [4.78, 5) is 16.2. The predicted molar refractivity (Wildman–Crippen MR) is 113 cm³/mol. The minimum atomic E-state index is -0.522. The Bertz CT molecular complexity index is 898. The quantitative estimate of drug-likeness (QED) is 0.417. The molecule has 6 nitrogen and oxygen atoms in total. The highest BCUT2D eigenvalue weighted by Gasteiger charge is 2.08. The monoisotopic (exact) mass is 396 g/mol. The van der Waals surface area contributed by atoms with Crippen LogP contribution in [0.3, 0.4) is 0 Å². The number of nitrogens with zero attached hydrogens (tertiary/aromatic N) is 1. The smallest absolute Gasteiger partial charge is 0.230 e. The van der Waals surface area contributed by atoms with Gasteiger partial charge in [0.25, 0.3) is 0 Å². The first-order valence-electron chi connectivity index (χ1n) is 9.12. The molecule has 7 heteroatoms. The Kier molecular flexibility index (Phi) is 7.13. The predicted octanol–water partition coefficient (Wildman–Crippen LogP) is 2.77. The Balaban J connectivity index is 1.43. The zero-order valence-corrected chi connectivity index (χ0v) is 16.3. The molecule has 5 N–H and O–H groups in total. The number of rotatable bonds is 9. The molecular formula is C21H24N4O2S. The number of aliphatic hydroxyl groups is 1. The maximum absolute atomic E-state index is 12.1. The van der Waals surface area contributed by atoms with Crippen molar-refractivity contribution in [2.75, 3.05) is 24.1 Å². The van der Waals surface area contributed by atoms with E-state index in [4.69, 9.17) is 5.73 Å². The van der Waals surface area contributed by atoms with Crippen LogP contribution in [-0.4, -0.2) is 29.1 Å². The molecule has 3 rings (SSSR count). The van der Waals surface area contributed by atoms with E-state index < -0.39 is 6.10 Å². The van der Waals surface area contributed by atoms with Crippen molar-refractivity contribution in [1.82, 2.24) is 10.3 Å². The van der Waals surface area contributed by atoms with Gasteiger partial charge < -0.3 is 21.5 Å². The SMILES string of the molecule is Nc1nc(CC(=O)Nc2cccc(CCNCC(O)c3ccccc3)c2)cs1. The van der Waals surface area contributed by atoms with E-state index in [2.05, 4.69) is 15.6 Å². The van der Waals surface area contributed by atoms with E-state index in [1.54, 1.807) is 5.38 Å². The molecule has 3 aromatic rings. The van der Waals surface area contributed by atoms with Crippen LogP contribution in [0.2, 0.25) is 0 Å². The van der Waals surface area contributed by atoms with Gasteiger partial charge >= 0.3 is 0 Å². The van der Waals surface area contributed by atoms with Crippen molar-refractivity contribution in [3.63, 3.8) is 0 Å². The number of carbonyl (C=O) groups is 1. The van der Waals surface area contributed by atoms with E-state index in [0.717, 1.165) is 29.8 Å². The molecule has 1 atom stereocenters. The van der Waals surface area contributed by atoms with Crippen LogP contribution in [0, 0.1) is 0 Å². The largest absolute Gasteiger partial charge is 0.387 e. The van der Waals surface area contributed by atoms with Crippen molar-refractivity contribution in [1.29, 1.82) is 0 Å². The van der Waals surface area contributed by atoms with Crippen LogP contribution in [0.1, 0.15) is 22.9 Å². The molecule has 1 aromatic heterocycles. The highest BCUT2D eigenvalue weighted by atomic mass is 32.1. The summed E-state index contributed by atoms with van der Waals surface area (Å²) in [6.07, 6.45) is 0.483. The highest BCUT2D eigenvalue weighted by Crippen LogP contribution is 2.15. The van der Waals surface area contributed by atoms with Gasteiger partial charge in [-0.1, -0.05) is 42.5 Å². The van der Waals surface area contributed by atoms with Gasteiger partial charge in [-0.05, 0) is 36.2 Å². The molecule has 0 radical (unpaired) electrons. The number of amides is 1. The zero-order chi connectivity index (χ0) is 19.8. The average molecular weight is 397 g/mol. The standard InChI is InChI=1S/C21H24N4O2S/c22-21-25-18(14-28-21)12-20(27)24-17-8-4-5-15(11-17)9-10-23-13-19(26)16-6-2-1-3-7-16/h1-8,11,14,19,23,26H,9-10,12-13H2,(H2,22,25)(H,24,27). The molecule has 0 saturated heterocycles. The Hall–Kier alpha value is -2.74. The van der Waals surface area contributed by atoms with Gasteiger partial charge in [0.2, 0.25) is 5.91 Å². The van der Waals surface area contributed by atoms with E-state index in [9.17, 15) is 9.90 Å². The van der Waals surface area contributed by atoms with Gasteiger partial charge in [0.1, 0.15) is 0 Å². The Morgan fingerprint density at radius 1 is 1.18 bits per heavy atom. The lowest BCUT2D eigenvalue weighted by molar-refractivity contribution is -0.115. The van der Waals surface area contributed by atoms with Gasteiger partial charge in [0, 0.05) is 17.6 Å². The molecule has 1 heterocycles. The van der Waals surface area contributed by atoms with Gasteiger partial charge in [0.15, 0.2) is 5.13 Å². The van der Waals surface area contributed by atoms with Gasteiger partial charge in [-0.3, -0.25) is 4.79 Å². The van der Waals surface area contributed by atoms with Gasteiger partial charge in [0.05, 0.1) is 18.2 Å². The van der Waals surface area contributed by atoms with E-state index in [1.165, 1.54) is 11.3 Å². The average Bonchev–Trinajstić information content (AvgIpc) is 3.10. The first-order chi connectivity index (χ1) is 13.6. The van der Waals surface area contributed by atoms with Crippen LogP contribution in [0.5, 0.6) is 0 Å². The third-order valence-corrected chi connectivity index (χ3v) is 4.96. The minimum Gasteiger partial charge on any atom is -0.387 e. The lowest BCUT2D eigenvalue weighted by Gasteiger charge is -2.12. The first kappa shape index (κ1) is 20.0. The number of nitrogens with two attached hydrogens (primary N) is 1. The van der Waals surface area contributed by atoms with Crippen molar-refractivity contribution >= 4 is 28.1 Å². The van der Waals surface area contributed by atoms with E-state index in [0.29, 0.717) is 17.4 Å². The van der Waals surface area contributed by atoms with Crippen LogP contribution in [0.4, 0.5) is 10.8 Å². The number of carbonyl (C=O) groups excluding carboxylic acids is 1. The summed E-state index contributed by atoms with van der Waals surface area (Å²) in [5, 5.41) is 18.6. The molecule has 28 heavy (non-hydrogen) atoms. The van der Waals surface area contributed by atoms with E-state index >= 15 is 0 Å². The summed E-state index contributed by atoms with van der Waals surface area (Å²) >= 11 is 1.33. The van der Waals surface area contributed by atoms with Crippen LogP contribution in [-0.2, 0) is 17.6 Å². The molecule has 0 fully saturated rings. The minimum absolute atomic E-state index is 0.119. The maximum Gasteiger partial charge on any atom is 0.230 e. The first-order valence-corrected chi connectivity index (χ1v) is 10.0. The maximum atomic E-state index is 12.1. The molecule has 0 saturated carbocycles. The molecule has 1 unspecified atom stereocenters. The summed E-state index contributed by atoms with van der Waals surface area (Å²) in [7, 11) is 0. The number of aromatic nitrogens is 1. The van der Waals surface area contributed by atoms with Crippen molar-refractivity contribution < 1.29 is 9.90 Å². The van der Waals surface area contributed by atoms with Crippen molar-refractivity contribution in [3.8, 4) is 0 Å². The summed E-state index contributed by atoms with van der Waals surface area (Å²) < 4.78 is 0. The molecule has 0 aliphatic heterocycles. The van der Waals surface area contributed by atoms with E-state index in [-0.39, 0.29) is 12.3 Å². The number of anilines is 2. The van der Waals surface area contributed by atoms with E-state index in [1.807, 2.05) is 54.6 Å². The second-order valence-corrected chi connectivity index (χ2v) is 7.37. The van der Waals surface area contributed by atoms with Crippen molar-refractivity contribution in [3.05, 3.63) is 76.8 Å². The summed E-state index contributed by atoms with van der Waals surface area (Å²) in [5.74, 6) is -0.119. The number of nitrogens with one attached hydrogen (secondary N) is 2. The number of benzene rings is 2. The summed E-state index contributed by atoms with van der Waals surface area (Å²) in [5.41, 5.74) is 9.04. The fourth-order valence-electron chi connectivity index (χ4n) is 2.84. The van der Waals surface area contributed by atoms with Crippen LogP contribution < -0.4 is 16.4 Å². The number of aliphatic hydroxyl groups excluding tert-OH is 1. The van der Waals surface area contributed by atoms with Gasteiger partial charge in [-0.15, -0.1) is 11.3 Å². The lowest BCUT2D eigenvalue weighted by atomic mass is 10.1. The van der Waals surface area contributed by atoms with Gasteiger partial charge in [-0.2, -0.15) is 0 Å². The molecule has 0 bridgehead atoms. The molecular weight excluding hydrogens is 372 g/mol. The fraction of sp³-hybridized carbons (Fsp3) is 0.238. The van der Waals surface area contributed by atoms with Crippen molar-refractivity contribution in [2.24, 2.45) is 0 Å². The summed E-state index contributed by atoms with van der Waals surface area (Å²) in [6, 6.07) is 17.4. The van der Waals surface area contributed by atoms with Crippen LogP contribution in [0.25, 0.3) is 0 Å². The summed E-state index contributed by atoms with van der Waals surface area (Å²) in [6.45, 7) is 1.23. The van der Waals surface area contributed by atoms with Crippen LogP contribution in [0.15, 0.2) is 60.0 Å². The Morgan fingerprint density at radius 3 is 2.75 bits per heavy atom. The molecule has 0 aliphatic carbocycles. The molecule has 2 aromatic carbocycles. The molecule has 146 valence electrons. The molecule has 1 amide bonds. The normalized spacial score (nSPS) is 11.9. The highest BCUT2D eigenvalue weighted by molar-refractivity contribution is 7.13. The topological polar surface area (TPSA) is 100 Å². The third kappa shape index (κ3) is 6.16. The lowest BCUT2D eigenvalue weighted by Crippen LogP contribution is -2.23. The van der Waals surface area contributed by atoms with Crippen LogP contribution >= 0.6 is 11.3 Å². The molecule has 0 spiro atoms. The number of nitrogen functional groups attached to an aromatic ring is 1. The van der Waals surface area contributed by atoms with Crippen molar-refractivity contribution in [2.45, 2.75) is 18.9 Å². The number of hydrogen-bond acceptors (Lipinski definition) is 6. The fourth-order valence-corrected chi connectivity index (χ4v) is 3.41. The van der Waals surface area contributed by atoms with Gasteiger partial charge in [-0.25, -0.2) is 4.98 Å². The Labute approximate surface area is 168 Å². The number of hydrogen-bond donors (Lipinski definition) is 4. The molecule has 0 aliphatic rings. The zero-order valence-electron chi connectivity index (χ0n) is 15.5. The third-order valence-electron chi connectivity index (χ3n) is 4.23. The second-order valence-electron chi connectivity index (χ2n) is 6.48.